The molecule has 0 saturated carbocycles. The second-order valence-corrected chi connectivity index (χ2v) is 8.98. The number of nitriles is 1. The largest absolute Gasteiger partial charge is 0.495 e. The molecule has 1 N–H and O–H groups in total. The molecule has 3 rings (SSSR count). The third-order valence-corrected chi connectivity index (χ3v) is 6.38. The minimum atomic E-state index is -0.978. The van der Waals surface area contributed by atoms with Gasteiger partial charge in [0.1, 0.15) is 11.3 Å². The zero-order valence-corrected chi connectivity index (χ0v) is 19.6. The summed E-state index contributed by atoms with van der Waals surface area (Å²) in [6.45, 7) is 7.38. The van der Waals surface area contributed by atoms with E-state index in [4.69, 9.17) is 4.74 Å². The molecule has 1 heterocycles. The summed E-state index contributed by atoms with van der Waals surface area (Å²) in [6.07, 6.45) is 0. The Kier molecular flexibility index (Phi) is 6.90. The van der Waals surface area contributed by atoms with Gasteiger partial charge in [-0.05, 0) is 49.6 Å². The fourth-order valence-electron chi connectivity index (χ4n) is 3.15. The maximum absolute atomic E-state index is 13.4. The minimum absolute atomic E-state index is 0.00288. The molecule has 0 saturated heterocycles. The number of ether oxygens (including phenoxy) is 1. The van der Waals surface area contributed by atoms with Crippen LogP contribution in [0.2, 0.25) is 0 Å². The Morgan fingerprint density at radius 3 is 2.69 bits per heavy atom. The fourth-order valence-corrected chi connectivity index (χ4v) is 3.96. The van der Waals surface area contributed by atoms with Crippen LogP contribution in [0.25, 0.3) is 16.6 Å². The van der Waals surface area contributed by atoms with E-state index in [-0.39, 0.29) is 23.1 Å². The molecule has 166 valence electrons. The maximum atomic E-state index is 13.4. The average molecular weight is 451 g/mol. The molecule has 0 unspecified atom stereocenters. The lowest BCUT2D eigenvalue weighted by Gasteiger charge is -2.27. The van der Waals surface area contributed by atoms with Gasteiger partial charge in [0, 0.05) is 0 Å². The number of carbonyl (C=O) groups is 1. The van der Waals surface area contributed by atoms with Gasteiger partial charge < -0.3 is 10.1 Å². The molecule has 3 aromatic rings. The van der Waals surface area contributed by atoms with E-state index in [1.54, 1.807) is 38.3 Å². The molecule has 0 aliphatic heterocycles. The SMILES string of the molecule is COc1ccc(C)cc1-n1c(SCC(=O)N[C@@](C)(C#N)C(C)C)nc2ccccc2c1=O. The summed E-state index contributed by atoms with van der Waals surface area (Å²) in [5.41, 5.74) is 0.839. The number of aromatic nitrogens is 2. The first-order valence-electron chi connectivity index (χ1n) is 10.2. The highest BCUT2D eigenvalue weighted by atomic mass is 32.2. The highest BCUT2D eigenvalue weighted by Crippen LogP contribution is 2.28. The third kappa shape index (κ3) is 4.63. The molecule has 2 aromatic carbocycles. The number of methoxy groups -OCH3 is 1. The Morgan fingerprint density at radius 1 is 1.31 bits per heavy atom. The molecule has 1 atom stereocenters. The summed E-state index contributed by atoms with van der Waals surface area (Å²) in [5.74, 6) is 0.161. The molecule has 0 aliphatic carbocycles. The number of hydrogen-bond acceptors (Lipinski definition) is 6. The molecule has 0 spiro atoms. The maximum Gasteiger partial charge on any atom is 0.266 e. The summed E-state index contributed by atoms with van der Waals surface area (Å²) in [6, 6.07) is 14.8. The number of rotatable bonds is 7. The van der Waals surface area contributed by atoms with Crippen LogP contribution in [-0.2, 0) is 4.79 Å². The molecule has 0 fully saturated rings. The first kappa shape index (κ1) is 23.4. The number of thioether (sulfide) groups is 1. The average Bonchev–Trinajstić information content (AvgIpc) is 2.77. The number of fused-ring (bicyclic) bond motifs is 1. The van der Waals surface area contributed by atoms with Crippen LogP contribution < -0.4 is 15.6 Å². The van der Waals surface area contributed by atoms with E-state index in [0.29, 0.717) is 27.5 Å². The van der Waals surface area contributed by atoms with Crippen LogP contribution in [0, 0.1) is 24.2 Å². The third-order valence-electron chi connectivity index (χ3n) is 5.44. The summed E-state index contributed by atoms with van der Waals surface area (Å²) in [4.78, 5) is 30.8. The predicted octanol–water partition coefficient (Wildman–Crippen LogP) is 3.85. The second kappa shape index (κ2) is 9.45. The number of benzene rings is 2. The van der Waals surface area contributed by atoms with Crippen molar-refractivity contribution in [3.63, 3.8) is 0 Å². The lowest BCUT2D eigenvalue weighted by atomic mass is 9.90. The Hall–Kier alpha value is -3.31. The van der Waals surface area contributed by atoms with Gasteiger partial charge in [0.15, 0.2) is 5.16 Å². The van der Waals surface area contributed by atoms with Crippen LogP contribution in [0.3, 0.4) is 0 Å². The zero-order chi connectivity index (χ0) is 23.5. The highest BCUT2D eigenvalue weighted by Gasteiger charge is 2.30. The van der Waals surface area contributed by atoms with Crippen molar-refractivity contribution in [2.24, 2.45) is 5.92 Å². The first-order valence-corrected chi connectivity index (χ1v) is 11.2. The highest BCUT2D eigenvalue weighted by molar-refractivity contribution is 7.99. The number of nitrogens with zero attached hydrogens (tertiary/aromatic N) is 3. The van der Waals surface area contributed by atoms with Gasteiger partial charge in [0.2, 0.25) is 5.91 Å². The van der Waals surface area contributed by atoms with Crippen LogP contribution in [0.5, 0.6) is 5.75 Å². The first-order chi connectivity index (χ1) is 15.2. The van der Waals surface area contributed by atoms with E-state index in [2.05, 4.69) is 16.4 Å². The number of nitrogens with one attached hydrogen (secondary N) is 1. The smallest absolute Gasteiger partial charge is 0.266 e. The molecular formula is C24H26N4O3S. The molecule has 32 heavy (non-hydrogen) atoms. The molecule has 0 aliphatic rings. The van der Waals surface area contributed by atoms with Crippen molar-refractivity contribution in [2.45, 2.75) is 38.4 Å². The van der Waals surface area contributed by atoms with E-state index in [0.717, 1.165) is 17.3 Å². The normalized spacial score (nSPS) is 12.9. The van der Waals surface area contributed by atoms with Crippen molar-refractivity contribution in [2.75, 3.05) is 12.9 Å². The van der Waals surface area contributed by atoms with Gasteiger partial charge in [0.05, 0.1) is 35.5 Å². The van der Waals surface area contributed by atoms with Gasteiger partial charge >= 0.3 is 0 Å². The van der Waals surface area contributed by atoms with Crippen molar-refractivity contribution in [1.82, 2.24) is 14.9 Å². The number of carbonyl (C=O) groups excluding carboxylic acids is 1. The van der Waals surface area contributed by atoms with Crippen LogP contribution in [0.1, 0.15) is 26.3 Å². The molecule has 1 aromatic heterocycles. The van der Waals surface area contributed by atoms with Gasteiger partial charge in [-0.25, -0.2) is 4.98 Å². The van der Waals surface area contributed by atoms with E-state index in [1.807, 2.05) is 39.0 Å². The second-order valence-electron chi connectivity index (χ2n) is 8.03. The van der Waals surface area contributed by atoms with Gasteiger partial charge in [-0.2, -0.15) is 5.26 Å². The Labute approximate surface area is 191 Å². The van der Waals surface area contributed by atoms with Crippen LogP contribution >= 0.6 is 11.8 Å². The van der Waals surface area contributed by atoms with Crippen LogP contribution in [0.15, 0.2) is 52.4 Å². The summed E-state index contributed by atoms with van der Waals surface area (Å²) >= 11 is 1.14. The Morgan fingerprint density at radius 2 is 2.03 bits per heavy atom. The van der Waals surface area contributed by atoms with Gasteiger partial charge in [-0.1, -0.05) is 43.8 Å². The lowest BCUT2D eigenvalue weighted by Crippen LogP contribution is -2.49. The monoisotopic (exact) mass is 450 g/mol. The van der Waals surface area contributed by atoms with Crippen LogP contribution in [0.4, 0.5) is 0 Å². The van der Waals surface area contributed by atoms with E-state index in [1.165, 1.54) is 4.57 Å². The molecule has 0 bridgehead atoms. The minimum Gasteiger partial charge on any atom is -0.495 e. The van der Waals surface area contributed by atoms with Crippen molar-refractivity contribution in [3.8, 4) is 17.5 Å². The van der Waals surface area contributed by atoms with Crippen molar-refractivity contribution < 1.29 is 9.53 Å². The summed E-state index contributed by atoms with van der Waals surface area (Å²) in [7, 11) is 1.54. The topological polar surface area (TPSA) is 97.0 Å². The molecular weight excluding hydrogens is 424 g/mol. The number of hydrogen-bond donors (Lipinski definition) is 1. The van der Waals surface area contributed by atoms with E-state index < -0.39 is 5.54 Å². The van der Waals surface area contributed by atoms with Gasteiger partial charge in [0.25, 0.3) is 5.56 Å². The lowest BCUT2D eigenvalue weighted by molar-refractivity contribution is -0.120. The van der Waals surface area contributed by atoms with E-state index >= 15 is 0 Å². The zero-order valence-electron chi connectivity index (χ0n) is 18.8. The molecule has 8 heteroatoms. The van der Waals surface area contributed by atoms with E-state index in [9.17, 15) is 14.9 Å². The molecule has 7 nitrogen and oxygen atoms in total. The number of para-hydroxylation sites is 1. The number of amides is 1. The summed E-state index contributed by atoms with van der Waals surface area (Å²) in [5, 5.41) is 13.1. The molecule has 1 amide bonds. The van der Waals surface area contributed by atoms with Crippen LogP contribution in [-0.4, -0.2) is 33.9 Å². The van der Waals surface area contributed by atoms with Gasteiger partial charge in [-0.3, -0.25) is 14.2 Å². The Bertz CT molecular complexity index is 1260. The quantitative estimate of drug-likeness (QED) is 0.434. The van der Waals surface area contributed by atoms with Crippen molar-refractivity contribution in [3.05, 3.63) is 58.4 Å². The predicted molar refractivity (Wildman–Crippen MR) is 126 cm³/mol. The summed E-state index contributed by atoms with van der Waals surface area (Å²) < 4.78 is 6.98. The fraction of sp³-hybridized carbons (Fsp3) is 0.333. The number of aryl methyl sites for hydroxylation is 1. The standard InChI is InChI=1S/C24H26N4O3S/c1-15(2)24(4,14-25)27-21(29)13-32-23-26-18-9-7-6-8-17(18)22(30)28(23)19-12-16(3)10-11-20(19)31-5/h6-12,15H,13H2,1-5H3,(H,27,29)/t24-/m0/s1. The van der Waals surface area contributed by atoms with Crippen molar-refractivity contribution >= 4 is 28.6 Å². The Balaban J connectivity index is 2.06. The van der Waals surface area contributed by atoms with Crippen molar-refractivity contribution in [1.29, 1.82) is 5.26 Å². The van der Waals surface area contributed by atoms with Gasteiger partial charge in [-0.15, -0.1) is 0 Å². The molecule has 0 radical (unpaired) electrons.